The summed E-state index contributed by atoms with van der Waals surface area (Å²) in [5.74, 6) is -0.501. The third-order valence-corrected chi connectivity index (χ3v) is 5.66. The number of halogens is 3. The van der Waals surface area contributed by atoms with E-state index in [0.29, 0.717) is 45.8 Å². The van der Waals surface area contributed by atoms with E-state index in [1.807, 2.05) is 13.8 Å². The second-order valence-electron chi connectivity index (χ2n) is 7.40. The first-order valence-electron chi connectivity index (χ1n) is 9.58. The number of carbonyl (C=O) groups is 1. The maximum Gasteiger partial charge on any atom is 0.272 e. The van der Waals surface area contributed by atoms with E-state index in [1.165, 1.54) is 12.1 Å². The van der Waals surface area contributed by atoms with Gasteiger partial charge in [0.05, 0.1) is 33.6 Å². The lowest BCUT2D eigenvalue weighted by atomic mass is 10.1. The van der Waals surface area contributed by atoms with Crippen LogP contribution in [0.5, 0.6) is 0 Å². The summed E-state index contributed by atoms with van der Waals surface area (Å²) in [7, 11) is 0. The van der Waals surface area contributed by atoms with E-state index in [-0.39, 0.29) is 23.9 Å². The summed E-state index contributed by atoms with van der Waals surface area (Å²) in [6.45, 7) is 4.86. The number of hydrogen-bond donors (Lipinski definition) is 0. The molecule has 0 radical (unpaired) electrons. The molecule has 156 valence electrons. The van der Waals surface area contributed by atoms with Crippen LogP contribution in [0.4, 0.5) is 4.39 Å². The summed E-state index contributed by atoms with van der Waals surface area (Å²) < 4.78 is 20.7. The van der Waals surface area contributed by atoms with Crippen molar-refractivity contribution < 1.29 is 13.9 Å². The van der Waals surface area contributed by atoms with Gasteiger partial charge in [0.25, 0.3) is 5.91 Å². The van der Waals surface area contributed by atoms with Gasteiger partial charge in [-0.15, -0.1) is 0 Å². The molecular formula is C22H20Cl2FN3O2. The standard InChI is InChI=1S/C22H20Cl2FN3O2/c1-13-11-27(12-14(2)30-13)22(29)21-10-20(15-3-5-16(25)6-4-15)26-28(21)17-7-8-18(23)19(24)9-17/h3-10,13-14H,11-12H2,1-2H3. The molecule has 2 heterocycles. The quantitative estimate of drug-likeness (QED) is 0.551. The molecule has 0 saturated carbocycles. The fraction of sp³-hybridized carbons (Fsp3) is 0.273. The number of morpholine rings is 1. The summed E-state index contributed by atoms with van der Waals surface area (Å²) in [6.07, 6.45) is -0.119. The Hall–Kier alpha value is -2.41. The zero-order valence-electron chi connectivity index (χ0n) is 16.5. The van der Waals surface area contributed by atoms with Gasteiger partial charge < -0.3 is 9.64 Å². The first kappa shape index (κ1) is 20.8. The Labute approximate surface area is 184 Å². The normalized spacial score (nSPS) is 19.2. The first-order valence-corrected chi connectivity index (χ1v) is 10.3. The number of nitrogens with zero attached hydrogens (tertiary/aromatic N) is 3. The van der Waals surface area contributed by atoms with E-state index in [1.54, 1.807) is 46.0 Å². The van der Waals surface area contributed by atoms with Crippen molar-refractivity contribution in [3.8, 4) is 16.9 Å². The SMILES string of the molecule is CC1CN(C(=O)c2cc(-c3ccc(F)cc3)nn2-c2ccc(Cl)c(Cl)c2)CC(C)O1. The van der Waals surface area contributed by atoms with Gasteiger partial charge in [-0.2, -0.15) is 5.10 Å². The van der Waals surface area contributed by atoms with Crippen molar-refractivity contribution >= 4 is 29.1 Å². The zero-order chi connectivity index (χ0) is 21.4. The molecule has 1 fully saturated rings. The molecule has 2 atom stereocenters. The molecule has 2 unspecified atom stereocenters. The van der Waals surface area contributed by atoms with Gasteiger partial charge in [0.15, 0.2) is 0 Å². The van der Waals surface area contributed by atoms with Gasteiger partial charge >= 0.3 is 0 Å². The Morgan fingerprint density at radius 1 is 1.03 bits per heavy atom. The van der Waals surface area contributed by atoms with Crippen molar-refractivity contribution in [2.75, 3.05) is 13.1 Å². The van der Waals surface area contributed by atoms with Crippen LogP contribution >= 0.6 is 23.2 Å². The maximum atomic E-state index is 13.4. The Bertz CT molecular complexity index is 1070. The lowest BCUT2D eigenvalue weighted by molar-refractivity contribution is -0.0588. The molecule has 1 saturated heterocycles. The minimum atomic E-state index is -0.338. The van der Waals surface area contributed by atoms with E-state index in [9.17, 15) is 9.18 Å². The topological polar surface area (TPSA) is 47.4 Å². The number of carbonyl (C=O) groups excluding carboxylic acids is 1. The van der Waals surface area contributed by atoms with Crippen LogP contribution < -0.4 is 0 Å². The third-order valence-electron chi connectivity index (χ3n) is 4.92. The highest BCUT2D eigenvalue weighted by Gasteiger charge is 2.29. The predicted octanol–water partition coefficient (Wildman–Crippen LogP) is 5.23. The van der Waals surface area contributed by atoms with E-state index in [4.69, 9.17) is 27.9 Å². The van der Waals surface area contributed by atoms with Crippen LogP contribution in [-0.2, 0) is 4.74 Å². The van der Waals surface area contributed by atoms with E-state index in [2.05, 4.69) is 5.10 Å². The van der Waals surface area contributed by atoms with Crippen molar-refractivity contribution in [3.63, 3.8) is 0 Å². The molecule has 0 aliphatic carbocycles. The average molecular weight is 448 g/mol. The van der Waals surface area contributed by atoms with Crippen molar-refractivity contribution in [2.24, 2.45) is 0 Å². The number of amides is 1. The monoisotopic (exact) mass is 447 g/mol. The Balaban J connectivity index is 1.79. The van der Waals surface area contributed by atoms with Crippen LogP contribution in [0.3, 0.4) is 0 Å². The molecule has 1 aliphatic rings. The number of hydrogen-bond acceptors (Lipinski definition) is 3. The van der Waals surface area contributed by atoms with E-state index >= 15 is 0 Å². The predicted molar refractivity (Wildman–Crippen MR) is 115 cm³/mol. The molecule has 0 bridgehead atoms. The van der Waals surface area contributed by atoms with Crippen molar-refractivity contribution in [1.29, 1.82) is 0 Å². The molecule has 1 aromatic heterocycles. The Kier molecular flexibility index (Phi) is 5.82. The summed E-state index contributed by atoms with van der Waals surface area (Å²) >= 11 is 12.3. The molecule has 1 amide bonds. The van der Waals surface area contributed by atoms with Gasteiger partial charge in [-0.05, 0) is 62.4 Å². The number of rotatable bonds is 3. The van der Waals surface area contributed by atoms with Crippen LogP contribution in [0.15, 0.2) is 48.5 Å². The molecule has 2 aromatic carbocycles. The van der Waals surface area contributed by atoms with Crippen molar-refractivity contribution in [3.05, 3.63) is 70.1 Å². The fourth-order valence-corrected chi connectivity index (χ4v) is 3.91. The van der Waals surface area contributed by atoms with Crippen LogP contribution in [0.2, 0.25) is 10.0 Å². The molecule has 0 N–H and O–H groups in total. The first-order chi connectivity index (χ1) is 14.3. The van der Waals surface area contributed by atoms with Crippen LogP contribution in [0.25, 0.3) is 16.9 Å². The maximum absolute atomic E-state index is 13.4. The molecule has 30 heavy (non-hydrogen) atoms. The van der Waals surface area contributed by atoms with Crippen LogP contribution in [0, 0.1) is 5.82 Å². The smallest absolute Gasteiger partial charge is 0.272 e. The van der Waals surface area contributed by atoms with Crippen LogP contribution in [0.1, 0.15) is 24.3 Å². The van der Waals surface area contributed by atoms with Gasteiger partial charge in [0, 0.05) is 18.7 Å². The molecular weight excluding hydrogens is 428 g/mol. The van der Waals surface area contributed by atoms with Gasteiger partial charge in [0.2, 0.25) is 0 Å². The minimum absolute atomic E-state index is 0.0596. The van der Waals surface area contributed by atoms with Gasteiger partial charge in [-0.25, -0.2) is 9.07 Å². The Morgan fingerprint density at radius 3 is 2.33 bits per heavy atom. The largest absolute Gasteiger partial charge is 0.372 e. The van der Waals surface area contributed by atoms with Crippen molar-refractivity contribution in [1.82, 2.24) is 14.7 Å². The van der Waals surface area contributed by atoms with E-state index in [0.717, 1.165) is 0 Å². The molecule has 8 heteroatoms. The molecule has 0 spiro atoms. The molecule has 4 rings (SSSR count). The second-order valence-corrected chi connectivity index (χ2v) is 8.21. The molecule has 5 nitrogen and oxygen atoms in total. The van der Waals surface area contributed by atoms with Gasteiger partial charge in [-0.1, -0.05) is 23.2 Å². The second kappa shape index (κ2) is 8.38. The summed E-state index contributed by atoms with van der Waals surface area (Å²) in [4.78, 5) is 15.2. The Morgan fingerprint density at radius 2 is 1.70 bits per heavy atom. The highest BCUT2D eigenvalue weighted by molar-refractivity contribution is 6.42. The summed E-state index contributed by atoms with van der Waals surface area (Å²) in [5, 5.41) is 5.39. The lowest BCUT2D eigenvalue weighted by Gasteiger charge is -2.35. The number of benzene rings is 2. The zero-order valence-corrected chi connectivity index (χ0v) is 18.0. The van der Waals surface area contributed by atoms with Gasteiger partial charge in [-0.3, -0.25) is 4.79 Å². The highest BCUT2D eigenvalue weighted by Crippen LogP contribution is 2.28. The lowest BCUT2D eigenvalue weighted by Crippen LogP contribution is -2.48. The van der Waals surface area contributed by atoms with E-state index < -0.39 is 0 Å². The summed E-state index contributed by atoms with van der Waals surface area (Å²) in [5.41, 5.74) is 2.25. The average Bonchev–Trinajstić information content (AvgIpc) is 3.14. The summed E-state index contributed by atoms with van der Waals surface area (Å²) in [6, 6.07) is 12.8. The highest BCUT2D eigenvalue weighted by atomic mass is 35.5. The molecule has 1 aliphatic heterocycles. The van der Waals surface area contributed by atoms with Gasteiger partial charge in [0.1, 0.15) is 11.5 Å². The third kappa shape index (κ3) is 4.21. The number of ether oxygens (including phenoxy) is 1. The molecule has 3 aromatic rings. The fourth-order valence-electron chi connectivity index (χ4n) is 3.61. The van der Waals surface area contributed by atoms with Crippen molar-refractivity contribution in [2.45, 2.75) is 26.1 Å². The van der Waals surface area contributed by atoms with Crippen LogP contribution in [-0.4, -0.2) is 45.9 Å². The minimum Gasteiger partial charge on any atom is -0.372 e. The number of aromatic nitrogens is 2.